The predicted molar refractivity (Wildman–Crippen MR) is 149 cm³/mol. The molecule has 0 aliphatic heterocycles. The molecule has 0 aliphatic carbocycles. The summed E-state index contributed by atoms with van der Waals surface area (Å²) in [5.41, 5.74) is 6.53. The second-order valence-corrected chi connectivity index (χ2v) is 10.6. The van der Waals surface area contributed by atoms with E-state index in [4.69, 9.17) is 0 Å². The third-order valence-electron chi connectivity index (χ3n) is 6.22. The molecule has 34 heavy (non-hydrogen) atoms. The number of para-hydroxylation sites is 1. The van der Waals surface area contributed by atoms with Crippen LogP contribution in [0.3, 0.4) is 0 Å². The fourth-order valence-corrected chi connectivity index (χ4v) is 4.51. The van der Waals surface area contributed by atoms with E-state index in [2.05, 4.69) is 120 Å². The number of carbonyl (C=O) groups excluding carboxylic acids is 1. The minimum absolute atomic E-state index is 0.110. The summed E-state index contributed by atoms with van der Waals surface area (Å²) in [7, 11) is 0. The van der Waals surface area contributed by atoms with Crippen molar-refractivity contribution < 1.29 is 4.79 Å². The van der Waals surface area contributed by atoms with Crippen LogP contribution in [0, 0.1) is 0 Å². The van der Waals surface area contributed by atoms with Gasteiger partial charge < -0.3 is 5.32 Å². The molecule has 180 valence electrons. The van der Waals surface area contributed by atoms with Crippen LogP contribution in [0.5, 0.6) is 0 Å². The molecule has 0 fully saturated rings. The van der Waals surface area contributed by atoms with Gasteiger partial charge in [-0.15, -0.1) is 11.8 Å². The Hall–Kier alpha value is -2.72. The SMILES string of the molecule is CSc1ccc(CN(C(=O)Nc2c(C(C)C)cccc2C(C)C)c2ccc(C(C)C)cc2)cc1. The highest BCUT2D eigenvalue weighted by Crippen LogP contribution is 2.33. The standard InChI is InChI=1S/C30H38N2OS/c1-20(2)24-13-15-25(16-14-24)32(19-23-11-17-26(34-7)18-12-23)30(33)31-29-27(21(3)4)9-8-10-28(29)22(5)6/h8-18,20-22H,19H2,1-7H3,(H,31,33). The maximum absolute atomic E-state index is 13.8. The number of benzene rings is 3. The zero-order valence-corrected chi connectivity index (χ0v) is 22.4. The second-order valence-electron chi connectivity index (χ2n) is 9.73. The van der Waals surface area contributed by atoms with Gasteiger partial charge >= 0.3 is 6.03 Å². The molecule has 3 rings (SSSR count). The molecule has 1 N–H and O–H groups in total. The molecule has 0 aromatic heterocycles. The summed E-state index contributed by atoms with van der Waals surface area (Å²) in [6.45, 7) is 13.6. The van der Waals surface area contributed by atoms with E-state index in [9.17, 15) is 4.79 Å². The van der Waals surface area contributed by atoms with Gasteiger partial charge in [0.2, 0.25) is 0 Å². The average molecular weight is 475 g/mol. The lowest BCUT2D eigenvalue weighted by atomic mass is 9.93. The van der Waals surface area contributed by atoms with Crippen LogP contribution in [-0.2, 0) is 6.54 Å². The third-order valence-corrected chi connectivity index (χ3v) is 6.96. The molecule has 3 aromatic carbocycles. The van der Waals surface area contributed by atoms with Gasteiger partial charge in [0.1, 0.15) is 0 Å². The van der Waals surface area contributed by atoms with Crippen molar-refractivity contribution in [1.82, 2.24) is 0 Å². The summed E-state index contributed by atoms with van der Waals surface area (Å²) in [4.78, 5) is 16.9. The maximum atomic E-state index is 13.8. The van der Waals surface area contributed by atoms with Crippen molar-refractivity contribution in [3.8, 4) is 0 Å². The first kappa shape index (κ1) is 25.9. The Morgan fingerprint density at radius 2 is 1.35 bits per heavy atom. The van der Waals surface area contributed by atoms with Gasteiger partial charge in [-0.25, -0.2) is 4.79 Å². The van der Waals surface area contributed by atoms with Gasteiger partial charge in [0, 0.05) is 16.3 Å². The fraction of sp³-hybridized carbons (Fsp3) is 0.367. The van der Waals surface area contributed by atoms with Crippen LogP contribution >= 0.6 is 11.8 Å². The maximum Gasteiger partial charge on any atom is 0.326 e. The van der Waals surface area contributed by atoms with Gasteiger partial charge in [-0.05, 0) is 70.5 Å². The number of nitrogens with one attached hydrogen (secondary N) is 1. The largest absolute Gasteiger partial charge is 0.326 e. The van der Waals surface area contributed by atoms with Crippen LogP contribution in [0.15, 0.2) is 71.6 Å². The molecule has 4 heteroatoms. The number of nitrogens with zero attached hydrogens (tertiary/aromatic N) is 1. The first-order chi connectivity index (χ1) is 16.2. The highest BCUT2D eigenvalue weighted by molar-refractivity contribution is 7.98. The molecular weight excluding hydrogens is 436 g/mol. The number of amides is 2. The molecule has 0 aliphatic rings. The van der Waals surface area contributed by atoms with Crippen LogP contribution < -0.4 is 10.2 Å². The van der Waals surface area contributed by atoms with Gasteiger partial charge in [-0.2, -0.15) is 0 Å². The van der Waals surface area contributed by atoms with E-state index in [-0.39, 0.29) is 6.03 Å². The second kappa shape index (κ2) is 11.6. The van der Waals surface area contributed by atoms with Crippen molar-refractivity contribution in [3.63, 3.8) is 0 Å². The van der Waals surface area contributed by atoms with Gasteiger partial charge in [0.25, 0.3) is 0 Å². The number of thioether (sulfide) groups is 1. The van der Waals surface area contributed by atoms with Crippen molar-refractivity contribution in [2.45, 2.75) is 70.7 Å². The lowest BCUT2D eigenvalue weighted by molar-refractivity contribution is 0.256. The van der Waals surface area contributed by atoms with Crippen LogP contribution in [-0.4, -0.2) is 12.3 Å². The molecule has 3 aromatic rings. The summed E-state index contributed by atoms with van der Waals surface area (Å²) in [6.07, 6.45) is 2.07. The average Bonchev–Trinajstić information content (AvgIpc) is 2.82. The van der Waals surface area contributed by atoms with Crippen LogP contribution in [0.25, 0.3) is 0 Å². The quantitative estimate of drug-likeness (QED) is 0.330. The topological polar surface area (TPSA) is 32.3 Å². The van der Waals surface area contributed by atoms with Gasteiger partial charge in [0.05, 0.1) is 6.54 Å². The highest BCUT2D eigenvalue weighted by atomic mass is 32.2. The Morgan fingerprint density at radius 3 is 1.82 bits per heavy atom. The minimum atomic E-state index is -0.110. The van der Waals surface area contributed by atoms with E-state index in [1.54, 1.807) is 11.8 Å². The zero-order valence-electron chi connectivity index (χ0n) is 21.6. The molecule has 0 spiro atoms. The van der Waals surface area contributed by atoms with E-state index >= 15 is 0 Å². The molecule has 0 saturated heterocycles. The molecule has 0 heterocycles. The number of carbonyl (C=O) groups is 1. The van der Waals surface area contributed by atoms with Crippen molar-refractivity contribution in [1.29, 1.82) is 0 Å². The Labute approximate surface area is 210 Å². The zero-order chi connectivity index (χ0) is 24.8. The summed E-state index contributed by atoms with van der Waals surface area (Å²) >= 11 is 1.72. The Bertz CT molecular complexity index is 1060. The molecule has 0 atom stereocenters. The Balaban J connectivity index is 1.99. The third kappa shape index (κ3) is 6.24. The first-order valence-electron chi connectivity index (χ1n) is 12.2. The molecule has 0 bridgehead atoms. The minimum Gasteiger partial charge on any atom is -0.307 e. The molecule has 0 unspecified atom stereocenters. The van der Waals surface area contributed by atoms with Gasteiger partial charge in [0.15, 0.2) is 0 Å². The molecule has 2 amide bonds. The van der Waals surface area contributed by atoms with Crippen LogP contribution in [0.2, 0.25) is 0 Å². The molecule has 3 nitrogen and oxygen atoms in total. The number of urea groups is 1. The number of rotatable bonds is 8. The molecule has 0 radical (unpaired) electrons. The van der Waals surface area contributed by atoms with E-state index in [1.807, 2.05) is 4.90 Å². The van der Waals surface area contributed by atoms with Crippen molar-refractivity contribution in [2.75, 3.05) is 16.5 Å². The molecule has 0 saturated carbocycles. The van der Waals surface area contributed by atoms with Gasteiger partial charge in [-0.1, -0.05) is 84.0 Å². The van der Waals surface area contributed by atoms with E-state index in [1.165, 1.54) is 21.6 Å². The van der Waals surface area contributed by atoms with E-state index < -0.39 is 0 Å². The van der Waals surface area contributed by atoms with Crippen molar-refractivity contribution >= 4 is 29.2 Å². The van der Waals surface area contributed by atoms with E-state index in [0.717, 1.165) is 16.9 Å². The Morgan fingerprint density at radius 1 is 0.794 bits per heavy atom. The summed E-state index contributed by atoms with van der Waals surface area (Å²) in [5, 5.41) is 3.30. The first-order valence-corrected chi connectivity index (χ1v) is 13.4. The van der Waals surface area contributed by atoms with Crippen molar-refractivity contribution in [2.24, 2.45) is 0 Å². The summed E-state index contributed by atoms with van der Waals surface area (Å²) in [6, 6.07) is 23.0. The van der Waals surface area contributed by atoms with Gasteiger partial charge in [-0.3, -0.25) is 4.90 Å². The van der Waals surface area contributed by atoms with E-state index in [0.29, 0.717) is 24.3 Å². The fourth-order valence-electron chi connectivity index (χ4n) is 4.10. The summed E-state index contributed by atoms with van der Waals surface area (Å²) < 4.78 is 0. The lowest BCUT2D eigenvalue weighted by Crippen LogP contribution is -2.35. The predicted octanol–water partition coefficient (Wildman–Crippen LogP) is 9.02. The lowest BCUT2D eigenvalue weighted by Gasteiger charge is -2.27. The normalized spacial score (nSPS) is 11.4. The van der Waals surface area contributed by atoms with Crippen molar-refractivity contribution in [3.05, 3.63) is 89.0 Å². The summed E-state index contributed by atoms with van der Waals surface area (Å²) in [5.74, 6) is 1.07. The number of hydrogen-bond donors (Lipinski definition) is 1. The molecular formula is C30H38N2OS. The Kier molecular flexibility index (Phi) is 8.84. The smallest absolute Gasteiger partial charge is 0.307 e. The number of anilines is 2. The monoisotopic (exact) mass is 474 g/mol. The number of hydrogen-bond acceptors (Lipinski definition) is 2. The highest BCUT2D eigenvalue weighted by Gasteiger charge is 2.21. The van der Waals surface area contributed by atoms with Crippen LogP contribution in [0.1, 0.15) is 81.5 Å². The van der Waals surface area contributed by atoms with Crippen LogP contribution in [0.4, 0.5) is 16.2 Å².